The third-order valence-corrected chi connectivity index (χ3v) is 4.94. The first-order valence-corrected chi connectivity index (χ1v) is 7.23. The van der Waals surface area contributed by atoms with Crippen LogP contribution in [0.15, 0.2) is 24.3 Å². The molecule has 0 aromatic heterocycles. The van der Waals surface area contributed by atoms with Gasteiger partial charge in [0.2, 0.25) is 10.0 Å². The van der Waals surface area contributed by atoms with Crippen LogP contribution in [0.3, 0.4) is 0 Å². The van der Waals surface area contributed by atoms with Gasteiger partial charge < -0.3 is 5.11 Å². The summed E-state index contributed by atoms with van der Waals surface area (Å²) in [4.78, 5) is 0. The Kier molecular flexibility index (Phi) is 3.25. The van der Waals surface area contributed by atoms with Gasteiger partial charge in [0.15, 0.2) is 0 Å². The molecule has 1 aliphatic rings. The summed E-state index contributed by atoms with van der Waals surface area (Å²) in [7, 11) is -3.37. The van der Waals surface area contributed by atoms with Gasteiger partial charge in [-0.15, -0.1) is 0 Å². The van der Waals surface area contributed by atoms with Gasteiger partial charge in [0.05, 0.1) is 17.4 Å². The van der Waals surface area contributed by atoms with Gasteiger partial charge in [-0.2, -0.15) is 0 Å². The zero-order valence-corrected chi connectivity index (χ0v) is 10.7. The first-order valence-electron chi connectivity index (χ1n) is 5.69. The monoisotopic (exact) mass is 255 g/mol. The molecule has 0 saturated carbocycles. The fourth-order valence-corrected chi connectivity index (χ4v) is 2.94. The van der Waals surface area contributed by atoms with Crippen LogP contribution in [0.2, 0.25) is 0 Å². The number of fused-ring (bicyclic) bond motifs is 1. The molecule has 2 atom stereocenters. The first kappa shape index (κ1) is 12.5. The molecule has 4 nitrogen and oxygen atoms in total. The molecule has 1 aromatic rings. The molecular weight excluding hydrogens is 238 g/mol. The lowest BCUT2D eigenvalue weighted by molar-refractivity contribution is 0.151. The maximum atomic E-state index is 11.8. The molecule has 2 rings (SSSR count). The van der Waals surface area contributed by atoms with Crippen molar-refractivity contribution in [2.75, 3.05) is 0 Å². The Balaban J connectivity index is 2.29. The summed E-state index contributed by atoms with van der Waals surface area (Å²) in [5, 5.41) is 9.43. The molecular formula is C12H17NO3S. The largest absolute Gasteiger partial charge is 0.391 e. The Hall–Kier alpha value is -0.910. The Morgan fingerprint density at radius 1 is 1.35 bits per heavy atom. The smallest absolute Gasteiger partial charge is 0.214 e. The van der Waals surface area contributed by atoms with Crippen molar-refractivity contribution in [1.82, 2.24) is 4.72 Å². The lowest BCUT2D eigenvalue weighted by Gasteiger charge is -2.19. The highest BCUT2D eigenvalue weighted by Crippen LogP contribution is 2.31. The van der Waals surface area contributed by atoms with E-state index in [-0.39, 0.29) is 0 Å². The molecule has 0 saturated heterocycles. The molecule has 0 heterocycles. The number of hydrogen-bond acceptors (Lipinski definition) is 3. The van der Waals surface area contributed by atoms with Gasteiger partial charge in [-0.1, -0.05) is 24.3 Å². The van der Waals surface area contributed by atoms with E-state index in [1.165, 1.54) is 0 Å². The van der Waals surface area contributed by atoms with Crippen LogP contribution in [0.4, 0.5) is 0 Å². The van der Waals surface area contributed by atoms with E-state index in [0.717, 1.165) is 11.1 Å². The fraction of sp³-hybridized carbons (Fsp3) is 0.500. The molecule has 2 N–H and O–H groups in total. The molecule has 5 heteroatoms. The highest BCUT2D eigenvalue weighted by molar-refractivity contribution is 7.90. The third kappa shape index (κ3) is 2.36. The first-order chi connectivity index (χ1) is 7.92. The Morgan fingerprint density at radius 2 is 2.00 bits per heavy atom. The normalized spacial score (nSPS) is 24.0. The fourth-order valence-electron chi connectivity index (χ4n) is 2.03. The van der Waals surface area contributed by atoms with Crippen molar-refractivity contribution in [3.63, 3.8) is 0 Å². The highest BCUT2D eigenvalue weighted by Gasteiger charge is 2.34. The molecule has 0 bridgehead atoms. The number of sulfonamides is 1. The van der Waals surface area contributed by atoms with Gasteiger partial charge in [-0.05, 0) is 25.0 Å². The van der Waals surface area contributed by atoms with Crippen LogP contribution >= 0.6 is 0 Å². The number of nitrogens with one attached hydrogen (secondary N) is 1. The summed E-state index contributed by atoms with van der Waals surface area (Å²) in [6.07, 6.45) is -0.178. The van der Waals surface area contributed by atoms with Crippen molar-refractivity contribution in [1.29, 1.82) is 0 Å². The van der Waals surface area contributed by atoms with Crippen molar-refractivity contribution in [2.24, 2.45) is 0 Å². The van der Waals surface area contributed by atoms with Crippen LogP contribution < -0.4 is 4.72 Å². The van der Waals surface area contributed by atoms with E-state index in [0.29, 0.717) is 6.42 Å². The van der Waals surface area contributed by atoms with Gasteiger partial charge in [0.1, 0.15) is 0 Å². The van der Waals surface area contributed by atoms with Crippen molar-refractivity contribution in [2.45, 2.75) is 37.7 Å². The van der Waals surface area contributed by atoms with Gasteiger partial charge in [0.25, 0.3) is 0 Å². The molecule has 94 valence electrons. The molecule has 1 aromatic carbocycles. The zero-order valence-electron chi connectivity index (χ0n) is 9.92. The van der Waals surface area contributed by atoms with E-state index in [1.54, 1.807) is 13.8 Å². The zero-order chi connectivity index (χ0) is 12.6. The summed E-state index contributed by atoms with van der Waals surface area (Å²) >= 11 is 0. The van der Waals surface area contributed by atoms with Gasteiger partial charge in [0, 0.05) is 6.42 Å². The molecule has 0 fully saturated rings. The second-order valence-corrected chi connectivity index (χ2v) is 6.93. The quantitative estimate of drug-likeness (QED) is 0.846. The molecule has 17 heavy (non-hydrogen) atoms. The summed E-state index contributed by atoms with van der Waals surface area (Å²) in [6, 6.07) is 7.01. The SMILES string of the molecule is CC(C)S(=O)(=O)N[C@H]1c2ccccc2C[C@H]1O. The summed E-state index contributed by atoms with van der Waals surface area (Å²) < 4.78 is 26.2. The van der Waals surface area contributed by atoms with Crippen LogP contribution in [-0.4, -0.2) is 24.9 Å². The van der Waals surface area contributed by atoms with Crippen LogP contribution in [0.25, 0.3) is 0 Å². The molecule has 1 aliphatic carbocycles. The van der Waals surface area contributed by atoms with E-state index in [2.05, 4.69) is 4.72 Å². The summed E-state index contributed by atoms with van der Waals surface area (Å²) in [5.41, 5.74) is 1.89. The van der Waals surface area contributed by atoms with E-state index < -0.39 is 27.4 Å². The van der Waals surface area contributed by atoms with Crippen molar-refractivity contribution in [3.8, 4) is 0 Å². The lowest BCUT2D eigenvalue weighted by atomic mass is 10.1. The molecule has 0 unspecified atom stereocenters. The van der Waals surface area contributed by atoms with Gasteiger partial charge >= 0.3 is 0 Å². The van der Waals surface area contributed by atoms with E-state index in [4.69, 9.17) is 0 Å². The number of aliphatic hydroxyl groups excluding tert-OH is 1. The van der Waals surface area contributed by atoms with E-state index in [1.807, 2.05) is 24.3 Å². The predicted octanol–water partition coefficient (Wildman–Crippen LogP) is 0.973. The number of hydrogen-bond donors (Lipinski definition) is 2. The van der Waals surface area contributed by atoms with Crippen molar-refractivity contribution >= 4 is 10.0 Å². The van der Waals surface area contributed by atoms with Crippen molar-refractivity contribution < 1.29 is 13.5 Å². The minimum atomic E-state index is -3.37. The molecule has 0 radical (unpaired) electrons. The topological polar surface area (TPSA) is 66.4 Å². The van der Waals surface area contributed by atoms with Gasteiger partial charge in [-0.25, -0.2) is 13.1 Å². The highest BCUT2D eigenvalue weighted by atomic mass is 32.2. The van der Waals surface area contributed by atoms with Crippen LogP contribution in [0, 0.1) is 0 Å². The average molecular weight is 255 g/mol. The Labute approximate surface area is 102 Å². The molecule has 0 aliphatic heterocycles. The van der Waals surface area contributed by atoms with Crippen LogP contribution in [0.1, 0.15) is 31.0 Å². The Morgan fingerprint density at radius 3 is 2.65 bits per heavy atom. The van der Waals surface area contributed by atoms with Crippen LogP contribution in [0.5, 0.6) is 0 Å². The number of benzene rings is 1. The maximum Gasteiger partial charge on any atom is 0.214 e. The number of rotatable bonds is 3. The van der Waals surface area contributed by atoms with Gasteiger partial charge in [-0.3, -0.25) is 0 Å². The maximum absolute atomic E-state index is 11.8. The minimum Gasteiger partial charge on any atom is -0.391 e. The number of aliphatic hydroxyl groups is 1. The second kappa shape index (κ2) is 4.40. The Bertz CT molecular complexity index is 510. The van der Waals surface area contributed by atoms with E-state index >= 15 is 0 Å². The predicted molar refractivity (Wildman–Crippen MR) is 66.1 cm³/mol. The van der Waals surface area contributed by atoms with E-state index in [9.17, 15) is 13.5 Å². The third-order valence-electron chi connectivity index (χ3n) is 3.12. The standard InChI is InChI=1S/C12H17NO3S/c1-8(2)17(15,16)13-12-10-6-4-3-5-9(10)7-11(12)14/h3-6,8,11-14H,7H2,1-2H3/t11-,12+/m1/s1. The average Bonchev–Trinajstić information content (AvgIpc) is 2.55. The summed E-state index contributed by atoms with van der Waals surface area (Å²) in [5.74, 6) is 0. The van der Waals surface area contributed by atoms with Crippen molar-refractivity contribution in [3.05, 3.63) is 35.4 Å². The summed E-state index contributed by atoms with van der Waals surface area (Å²) in [6.45, 7) is 3.24. The molecule has 0 spiro atoms. The second-order valence-electron chi connectivity index (χ2n) is 4.66. The lowest BCUT2D eigenvalue weighted by Crippen LogP contribution is -2.37. The van der Waals surface area contributed by atoms with Crippen LogP contribution in [-0.2, 0) is 16.4 Å². The molecule has 0 amide bonds. The minimum absolute atomic E-state index is 0.498.